The molecular weight excluding hydrogens is 290 g/mol. The molecule has 0 atom stereocenters. The van der Waals surface area contributed by atoms with Crippen LogP contribution in [0.5, 0.6) is 11.5 Å². The minimum absolute atomic E-state index is 0.376. The smallest absolute Gasteiger partial charge is 0.405 e. The summed E-state index contributed by atoms with van der Waals surface area (Å²) < 4.78 is 79.0. The minimum atomic E-state index is -5.04. The zero-order valence-corrected chi connectivity index (χ0v) is 9.37. The van der Waals surface area contributed by atoms with Crippen LogP contribution in [-0.2, 0) is 0 Å². The molecule has 0 amide bonds. The predicted octanol–water partition coefficient (Wildman–Crippen LogP) is 4.45. The summed E-state index contributed by atoms with van der Waals surface area (Å²) in [5.74, 6) is -1.71. The third-order valence-corrected chi connectivity index (χ3v) is 1.95. The Labute approximate surface area is 102 Å². The molecule has 0 N–H and O–H groups in total. The molecule has 0 saturated carbocycles. The van der Waals surface area contributed by atoms with E-state index < -0.39 is 29.8 Å². The van der Waals surface area contributed by atoms with Crippen LogP contribution in [0.4, 0.5) is 26.3 Å². The maximum Gasteiger partial charge on any atom is 0.573 e. The quantitative estimate of drug-likeness (QED) is 0.751. The molecule has 0 spiro atoms. The monoisotopic (exact) mass is 294 g/mol. The lowest BCUT2D eigenvalue weighted by Crippen LogP contribution is -2.20. The maximum atomic E-state index is 12.0. The number of alkyl halides is 6. The van der Waals surface area contributed by atoms with Gasteiger partial charge in [0.15, 0.2) is 0 Å². The van der Waals surface area contributed by atoms with E-state index in [0.717, 1.165) is 19.1 Å². The van der Waals surface area contributed by atoms with E-state index in [1.165, 1.54) is 0 Å². The number of benzene rings is 1. The topological polar surface area (TPSA) is 18.5 Å². The number of halogens is 7. The van der Waals surface area contributed by atoms with E-state index in [0.29, 0.717) is 0 Å². The zero-order chi connectivity index (χ0) is 14.1. The number of hydrogen-bond donors (Lipinski definition) is 0. The van der Waals surface area contributed by atoms with Crippen LogP contribution in [0.2, 0.25) is 5.02 Å². The first-order chi connectivity index (χ1) is 7.98. The maximum absolute atomic E-state index is 12.0. The fourth-order valence-corrected chi connectivity index (χ4v) is 1.29. The van der Waals surface area contributed by atoms with Crippen LogP contribution < -0.4 is 9.47 Å². The Morgan fingerprint density at radius 3 is 1.50 bits per heavy atom. The molecular formula is C9H5ClF6O2. The molecule has 1 aromatic rings. The first kappa shape index (κ1) is 14.7. The van der Waals surface area contributed by atoms with Crippen LogP contribution in [-0.4, -0.2) is 12.7 Å². The van der Waals surface area contributed by atoms with Gasteiger partial charge in [-0.15, -0.1) is 26.3 Å². The lowest BCUT2D eigenvalue weighted by molar-refractivity contribution is -0.276. The summed E-state index contributed by atoms with van der Waals surface area (Å²) in [5, 5.41) is -0.376. The van der Waals surface area contributed by atoms with Crippen molar-refractivity contribution in [2.75, 3.05) is 0 Å². The molecule has 0 saturated heterocycles. The van der Waals surface area contributed by atoms with Gasteiger partial charge in [0.1, 0.15) is 11.5 Å². The molecule has 18 heavy (non-hydrogen) atoms. The van der Waals surface area contributed by atoms with Crippen molar-refractivity contribution >= 4 is 11.6 Å². The normalized spacial score (nSPS) is 12.4. The van der Waals surface area contributed by atoms with E-state index >= 15 is 0 Å². The summed E-state index contributed by atoms with van der Waals surface area (Å²) in [5.41, 5.74) is -0.464. The van der Waals surface area contributed by atoms with Gasteiger partial charge in [-0.3, -0.25) is 0 Å². The standard InChI is InChI=1S/C9H5ClF6O2/c1-4-6(17-8(11,12)13)2-5(10)3-7(4)18-9(14,15)16/h2-3H,1H3. The number of rotatable bonds is 2. The number of hydrogen-bond acceptors (Lipinski definition) is 2. The van der Waals surface area contributed by atoms with Crippen LogP contribution in [0, 0.1) is 6.92 Å². The minimum Gasteiger partial charge on any atom is -0.405 e. The summed E-state index contributed by atoms with van der Waals surface area (Å²) >= 11 is 5.38. The van der Waals surface area contributed by atoms with Gasteiger partial charge in [0, 0.05) is 10.6 Å². The summed E-state index contributed by atoms with van der Waals surface area (Å²) in [7, 11) is 0. The zero-order valence-electron chi connectivity index (χ0n) is 8.62. The second-order valence-electron chi connectivity index (χ2n) is 3.12. The van der Waals surface area contributed by atoms with Crippen molar-refractivity contribution in [2.45, 2.75) is 19.6 Å². The molecule has 0 unspecified atom stereocenters. The third-order valence-electron chi connectivity index (χ3n) is 1.73. The first-order valence-electron chi connectivity index (χ1n) is 4.29. The molecule has 0 aromatic heterocycles. The Kier molecular flexibility index (Phi) is 3.89. The Morgan fingerprint density at radius 2 is 1.22 bits per heavy atom. The average molecular weight is 295 g/mol. The third kappa shape index (κ3) is 4.52. The van der Waals surface area contributed by atoms with E-state index in [9.17, 15) is 26.3 Å². The van der Waals surface area contributed by atoms with E-state index in [2.05, 4.69) is 9.47 Å². The van der Waals surface area contributed by atoms with Gasteiger partial charge in [0.05, 0.1) is 0 Å². The molecule has 1 rings (SSSR count). The summed E-state index contributed by atoms with van der Waals surface area (Å²) in [4.78, 5) is 0. The molecule has 0 aliphatic rings. The molecule has 9 heteroatoms. The van der Waals surface area contributed by atoms with E-state index in [4.69, 9.17) is 11.6 Å². The van der Waals surface area contributed by atoms with Gasteiger partial charge < -0.3 is 9.47 Å². The molecule has 0 aliphatic carbocycles. The molecule has 0 bridgehead atoms. The highest BCUT2D eigenvalue weighted by Crippen LogP contribution is 2.37. The lowest BCUT2D eigenvalue weighted by Gasteiger charge is -2.16. The van der Waals surface area contributed by atoms with Crippen LogP contribution in [0.15, 0.2) is 12.1 Å². The van der Waals surface area contributed by atoms with E-state index in [-0.39, 0.29) is 5.02 Å². The van der Waals surface area contributed by atoms with E-state index in [1.54, 1.807) is 0 Å². The Hall–Kier alpha value is -1.31. The van der Waals surface area contributed by atoms with Crippen LogP contribution in [0.3, 0.4) is 0 Å². The molecule has 1 aromatic carbocycles. The highest BCUT2D eigenvalue weighted by molar-refractivity contribution is 6.30. The van der Waals surface area contributed by atoms with Crippen molar-refractivity contribution < 1.29 is 35.8 Å². The van der Waals surface area contributed by atoms with E-state index in [1.807, 2.05) is 0 Å². The predicted molar refractivity (Wildman–Crippen MR) is 49.6 cm³/mol. The fourth-order valence-electron chi connectivity index (χ4n) is 1.09. The Bertz CT molecular complexity index is 403. The lowest BCUT2D eigenvalue weighted by atomic mass is 10.2. The van der Waals surface area contributed by atoms with Gasteiger partial charge in [0.25, 0.3) is 0 Å². The van der Waals surface area contributed by atoms with Crippen LogP contribution in [0.1, 0.15) is 5.56 Å². The molecule has 102 valence electrons. The van der Waals surface area contributed by atoms with Crippen molar-refractivity contribution in [3.05, 3.63) is 22.7 Å². The van der Waals surface area contributed by atoms with Crippen molar-refractivity contribution in [2.24, 2.45) is 0 Å². The summed E-state index contributed by atoms with van der Waals surface area (Å²) in [6.07, 6.45) is -10.1. The molecule has 0 fully saturated rings. The van der Waals surface area contributed by atoms with Gasteiger partial charge in [-0.25, -0.2) is 0 Å². The highest BCUT2D eigenvalue weighted by Gasteiger charge is 2.35. The summed E-state index contributed by atoms with van der Waals surface area (Å²) in [6.45, 7) is 0.985. The van der Waals surface area contributed by atoms with Gasteiger partial charge >= 0.3 is 12.7 Å². The van der Waals surface area contributed by atoms with Crippen molar-refractivity contribution in [1.29, 1.82) is 0 Å². The van der Waals surface area contributed by atoms with Gasteiger partial charge in [-0.1, -0.05) is 11.6 Å². The fraction of sp³-hybridized carbons (Fsp3) is 0.333. The second-order valence-corrected chi connectivity index (χ2v) is 3.56. The van der Waals surface area contributed by atoms with Gasteiger partial charge in [-0.05, 0) is 19.1 Å². The van der Waals surface area contributed by atoms with Crippen molar-refractivity contribution in [1.82, 2.24) is 0 Å². The van der Waals surface area contributed by atoms with Crippen LogP contribution >= 0.6 is 11.6 Å². The van der Waals surface area contributed by atoms with Gasteiger partial charge in [0.2, 0.25) is 0 Å². The van der Waals surface area contributed by atoms with Crippen LogP contribution in [0.25, 0.3) is 0 Å². The highest BCUT2D eigenvalue weighted by atomic mass is 35.5. The first-order valence-corrected chi connectivity index (χ1v) is 4.67. The molecule has 0 radical (unpaired) electrons. The van der Waals surface area contributed by atoms with Gasteiger partial charge in [-0.2, -0.15) is 0 Å². The molecule has 0 aliphatic heterocycles. The molecule has 2 nitrogen and oxygen atoms in total. The second kappa shape index (κ2) is 4.75. The Morgan fingerprint density at radius 1 is 0.889 bits per heavy atom. The number of ether oxygens (including phenoxy) is 2. The van der Waals surface area contributed by atoms with Crippen molar-refractivity contribution in [3.8, 4) is 11.5 Å². The average Bonchev–Trinajstić information content (AvgIpc) is 2.07. The Balaban J connectivity index is 3.14. The van der Waals surface area contributed by atoms with Crippen molar-refractivity contribution in [3.63, 3.8) is 0 Å². The summed E-state index contributed by atoms with van der Waals surface area (Å²) in [6, 6.07) is 1.49. The SMILES string of the molecule is Cc1c(OC(F)(F)F)cc(Cl)cc1OC(F)(F)F. The largest absolute Gasteiger partial charge is 0.573 e. The molecule has 0 heterocycles.